The molecule has 3 N–H and O–H groups in total. The normalized spacial score (nSPS) is 12.7. The van der Waals surface area contributed by atoms with Gasteiger partial charge in [0, 0.05) is 5.02 Å². The number of rotatable bonds is 7. The van der Waals surface area contributed by atoms with Gasteiger partial charge in [-0.2, -0.15) is 0 Å². The molecule has 22 heavy (non-hydrogen) atoms. The van der Waals surface area contributed by atoms with Crippen molar-refractivity contribution >= 4 is 35.9 Å². The number of nitrogens with two attached hydrogens (primary N) is 1. The van der Waals surface area contributed by atoms with E-state index < -0.39 is 24.0 Å². The number of nitrogens with one attached hydrogen (secondary N) is 1. The van der Waals surface area contributed by atoms with E-state index in [1.54, 1.807) is 31.2 Å². The fourth-order valence-electron chi connectivity index (χ4n) is 1.71. The maximum absolute atomic E-state index is 11.9. The molecular formula is C14H20Cl2N2O4. The van der Waals surface area contributed by atoms with E-state index in [-0.39, 0.29) is 25.4 Å². The maximum atomic E-state index is 11.9. The van der Waals surface area contributed by atoms with Gasteiger partial charge in [0.1, 0.15) is 0 Å². The number of halogens is 2. The molecule has 1 rings (SSSR count). The zero-order valence-electron chi connectivity index (χ0n) is 12.4. The van der Waals surface area contributed by atoms with E-state index in [4.69, 9.17) is 22.2 Å². The molecule has 0 bridgehead atoms. The van der Waals surface area contributed by atoms with Crippen molar-refractivity contribution in [2.24, 2.45) is 5.90 Å². The minimum absolute atomic E-state index is 0. The van der Waals surface area contributed by atoms with Crippen LogP contribution in [0, 0.1) is 0 Å². The van der Waals surface area contributed by atoms with Crippen molar-refractivity contribution in [3.05, 3.63) is 34.9 Å². The summed E-state index contributed by atoms with van der Waals surface area (Å²) in [6, 6.07) is 6.34. The van der Waals surface area contributed by atoms with Crippen molar-refractivity contribution in [2.75, 3.05) is 6.61 Å². The van der Waals surface area contributed by atoms with Crippen molar-refractivity contribution in [3.63, 3.8) is 0 Å². The SMILES string of the molecule is CCOC(=O)CC(NC(=O)C(C)ON)c1cccc(Cl)c1.Cl. The van der Waals surface area contributed by atoms with Gasteiger partial charge in [-0.05, 0) is 31.5 Å². The summed E-state index contributed by atoms with van der Waals surface area (Å²) in [4.78, 5) is 28.0. The largest absolute Gasteiger partial charge is 0.466 e. The summed E-state index contributed by atoms with van der Waals surface area (Å²) in [5.74, 6) is 4.15. The van der Waals surface area contributed by atoms with E-state index in [1.807, 2.05) is 0 Å². The van der Waals surface area contributed by atoms with Gasteiger partial charge in [-0.3, -0.25) is 14.4 Å². The highest BCUT2D eigenvalue weighted by Crippen LogP contribution is 2.21. The van der Waals surface area contributed by atoms with Gasteiger partial charge in [0.2, 0.25) is 0 Å². The van der Waals surface area contributed by atoms with E-state index in [2.05, 4.69) is 10.2 Å². The lowest BCUT2D eigenvalue weighted by atomic mass is 10.0. The summed E-state index contributed by atoms with van der Waals surface area (Å²) in [5.41, 5.74) is 0.702. The number of hydrogen-bond donors (Lipinski definition) is 2. The van der Waals surface area contributed by atoms with Gasteiger partial charge in [-0.25, -0.2) is 5.90 Å². The number of carbonyl (C=O) groups is 2. The van der Waals surface area contributed by atoms with Gasteiger partial charge in [0.25, 0.3) is 5.91 Å². The van der Waals surface area contributed by atoms with Gasteiger partial charge in [0.05, 0.1) is 19.1 Å². The second-order valence-electron chi connectivity index (χ2n) is 4.40. The van der Waals surface area contributed by atoms with Gasteiger partial charge in [-0.15, -0.1) is 12.4 Å². The van der Waals surface area contributed by atoms with Crippen molar-refractivity contribution in [3.8, 4) is 0 Å². The van der Waals surface area contributed by atoms with Crippen LogP contribution in [-0.4, -0.2) is 24.6 Å². The second kappa shape index (κ2) is 10.4. The third kappa shape index (κ3) is 6.62. The van der Waals surface area contributed by atoms with Crippen LogP contribution in [0.15, 0.2) is 24.3 Å². The van der Waals surface area contributed by atoms with E-state index >= 15 is 0 Å². The molecule has 0 aliphatic heterocycles. The van der Waals surface area contributed by atoms with E-state index in [0.717, 1.165) is 0 Å². The first-order chi connectivity index (χ1) is 9.97. The van der Waals surface area contributed by atoms with Crippen molar-refractivity contribution in [1.29, 1.82) is 0 Å². The van der Waals surface area contributed by atoms with Crippen LogP contribution in [0.1, 0.15) is 31.9 Å². The number of amides is 1. The summed E-state index contributed by atoms with van der Waals surface area (Å²) in [7, 11) is 0. The molecule has 0 aliphatic rings. The fraction of sp³-hybridized carbons (Fsp3) is 0.429. The van der Waals surface area contributed by atoms with Crippen LogP contribution >= 0.6 is 24.0 Å². The maximum Gasteiger partial charge on any atom is 0.308 e. The highest BCUT2D eigenvalue weighted by molar-refractivity contribution is 6.30. The monoisotopic (exact) mass is 350 g/mol. The molecule has 0 aromatic heterocycles. The first-order valence-corrected chi connectivity index (χ1v) is 6.92. The Morgan fingerprint density at radius 3 is 2.64 bits per heavy atom. The molecule has 0 spiro atoms. The lowest BCUT2D eigenvalue weighted by Crippen LogP contribution is -2.39. The van der Waals surface area contributed by atoms with Crippen LogP contribution in [0.2, 0.25) is 5.02 Å². The summed E-state index contributed by atoms with van der Waals surface area (Å²) in [6.07, 6.45) is -0.828. The summed E-state index contributed by atoms with van der Waals surface area (Å²) in [6.45, 7) is 3.50. The Morgan fingerprint density at radius 2 is 2.09 bits per heavy atom. The minimum atomic E-state index is -0.825. The highest BCUT2D eigenvalue weighted by atomic mass is 35.5. The molecule has 0 radical (unpaired) electrons. The second-order valence-corrected chi connectivity index (χ2v) is 4.84. The lowest BCUT2D eigenvalue weighted by molar-refractivity contribution is -0.144. The first kappa shape index (κ1) is 20.7. The zero-order chi connectivity index (χ0) is 15.8. The number of esters is 1. The van der Waals surface area contributed by atoms with Crippen molar-refractivity contribution in [1.82, 2.24) is 5.32 Å². The number of ether oxygens (including phenoxy) is 1. The predicted octanol–water partition coefficient (Wildman–Crippen LogP) is 2.15. The quantitative estimate of drug-likeness (QED) is 0.580. The molecule has 2 atom stereocenters. The Bertz CT molecular complexity index is 499. The standard InChI is InChI=1S/C14H19ClN2O4.ClH/c1-3-20-13(18)8-12(17-14(19)9(2)21-16)10-5-4-6-11(15)7-10;/h4-7,9,12H,3,8,16H2,1-2H3,(H,17,19);1H. The third-order valence-corrected chi connectivity index (χ3v) is 3.05. The number of benzene rings is 1. The molecule has 1 aromatic rings. The van der Waals surface area contributed by atoms with Crippen LogP contribution in [0.25, 0.3) is 0 Å². The Kier molecular flexibility index (Phi) is 9.76. The molecule has 1 aromatic carbocycles. The van der Waals surface area contributed by atoms with Gasteiger partial charge in [-0.1, -0.05) is 23.7 Å². The van der Waals surface area contributed by atoms with E-state index in [0.29, 0.717) is 10.6 Å². The summed E-state index contributed by atoms with van der Waals surface area (Å²) < 4.78 is 4.91. The minimum Gasteiger partial charge on any atom is -0.466 e. The molecule has 124 valence electrons. The molecule has 0 fully saturated rings. The Morgan fingerprint density at radius 1 is 1.41 bits per heavy atom. The average molecular weight is 351 g/mol. The highest BCUT2D eigenvalue weighted by Gasteiger charge is 2.22. The summed E-state index contributed by atoms with van der Waals surface area (Å²) in [5, 5.41) is 3.21. The Balaban J connectivity index is 0.00000441. The van der Waals surface area contributed by atoms with Crippen LogP contribution < -0.4 is 11.2 Å². The van der Waals surface area contributed by atoms with Gasteiger partial charge in [0.15, 0.2) is 6.10 Å². The molecule has 6 nitrogen and oxygen atoms in total. The average Bonchev–Trinajstić information content (AvgIpc) is 2.45. The molecule has 0 saturated carbocycles. The molecular weight excluding hydrogens is 331 g/mol. The lowest BCUT2D eigenvalue weighted by Gasteiger charge is -2.20. The van der Waals surface area contributed by atoms with E-state index in [9.17, 15) is 9.59 Å². The van der Waals surface area contributed by atoms with E-state index in [1.165, 1.54) is 6.92 Å². The Labute approximate surface area is 140 Å². The van der Waals surface area contributed by atoms with Crippen LogP contribution in [0.3, 0.4) is 0 Å². The van der Waals surface area contributed by atoms with Crippen LogP contribution in [-0.2, 0) is 19.2 Å². The molecule has 0 aliphatic carbocycles. The summed E-state index contributed by atoms with van der Waals surface area (Å²) >= 11 is 5.94. The number of hydrogen-bond acceptors (Lipinski definition) is 5. The Hall–Kier alpha value is -1.34. The first-order valence-electron chi connectivity index (χ1n) is 6.55. The zero-order valence-corrected chi connectivity index (χ0v) is 13.9. The topological polar surface area (TPSA) is 90.6 Å². The van der Waals surface area contributed by atoms with Gasteiger partial charge >= 0.3 is 5.97 Å². The van der Waals surface area contributed by atoms with Crippen LogP contribution in [0.4, 0.5) is 0 Å². The number of carbonyl (C=O) groups excluding carboxylic acids is 2. The molecule has 2 unspecified atom stereocenters. The molecule has 0 saturated heterocycles. The predicted molar refractivity (Wildman–Crippen MR) is 85.6 cm³/mol. The fourth-order valence-corrected chi connectivity index (χ4v) is 1.91. The smallest absolute Gasteiger partial charge is 0.308 e. The van der Waals surface area contributed by atoms with Crippen molar-refractivity contribution < 1.29 is 19.2 Å². The van der Waals surface area contributed by atoms with Crippen LogP contribution in [0.5, 0.6) is 0 Å². The molecule has 0 heterocycles. The molecule has 8 heteroatoms. The third-order valence-electron chi connectivity index (χ3n) is 2.82. The van der Waals surface area contributed by atoms with Crippen molar-refractivity contribution in [2.45, 2.75) is 32.4 Å². The van der Waals surface area contributed by atoms with Gasteiger partial charge < -0.3 is 10.1 Å². The molecule has 1 amide bonds.